The predicted octanol–water partition coefficient (Wildman–Crippen LogP) is 2.30. The molecule has 3 aromatic heterocycles. The zero-order chi connectivity index (χ0) is 23.2. The molecule has 0 spiro atoms. The van der Waals surface area contributed by atoms with E-state index in [0.29, 0.717) is 36.8 Å². The van der Waals surface area contributed by atoms with Crippen molar-refractivity contribution in [3.63, 3.8) is 0 Å². The number of rotatable bonds is 5. The molecule has 0 radical (unpaired) electrons. The van der Waals surface area contributed by atoms with Crippen LogP contribution in [-0.2, 0) is 16.4 Å². The first-order valence-electron chi connectivity index (χ1n) is 11.3. The van der Waals surface area contributed by atoms with Crippen molar-refractivity contribution in [2.24, 2.45) is 6.98 Å². The maximum Gasteiger partial charge on any atom is 0.257 e. The fraction of sp³-hybridized carbons (Fsp3) is 0.500. The average molecular weight is 412 g/mol. The topological polar surface area (TPSA) is 112 Å². The van der Waals surface area contributed by atoms with Crippen LogP contribution >= 0.6 is 0 Å². The van der Waals surface area contributed by atoms with Crippen LogP contribution in [0.25, 0.3) is 11.0 Å². The molecular weight excluding hydrogens is 386 g/mol. The summed E-state index contributed by atoms with van der Waals surface area (Å²) in [4.78, 5) is 9.00. The van der Waals surface area contributed by atoms with Gasteiger partial charge in [0.05, 0.1) is 18.9 Å². The Bertz CT molecular complexity index is 1210. The lowest BCUT2D eigenvalue weighted by Crippen LogP contribution is -2.46. The maximum absolute atomic E-state index is 9.65. The Morgan fingerprint density at radius 1 is 1.40 bits per heavy atom. The summed E-state index contributed by atoms with van der Waals surface area (Å²) in [5.41, 5.74) is 1.47. The molecule has 5 rings (SSSR count). The molecule has 3 aromatic rings. The van der Waals surface area contributed by atoms with Gasteiger partial charge in [-0.25, -0.2) is 4.98 Å². The lowest BCUT2D eigenvalue weighted by Gasteiger charge is -2.33. The molecule has 0 saturated carbocycles. The number of hydrogen-bond donors (Lipinski definition) is 1. The van der Waals surface area contributed by atoms with E-state index < -0.39 is 6.98 Å². The minimum atomic E-state index is -2.47. The van der Waals surface area contributed by atoms with Crippen molar-refractivity contribution in [1.29, 1.82) is 5.26 Å². The van der Waals surface area contributed by atoms with Gasteiger partial charge in [-0.05, 0) is 25.8 Å². The first kappa shape index (κ1) is 15.6. The molecular formula is C20H23N7O3. The highest BCUT2D eigenvalue weighted by Crippen LogP contribution is 2.31. The number of nitrogens with one attached hydrogen (secondary N) is 1. The van der Waals surface area contributed by atoms with Crippen molar-refractivity contribution in [2.45, 2.75) is 38.0 Å². The lowest BCUT2D eigenvalue weighted by atomic mass is 10.1. The molecule has 0 amide bonds. The summed E-state index contributed by atoms with van der Waals surface area (Å²) in [5.74, 6) is 0.374. The summed E-state index contributed by atoms with van der Waals surface area (Å²) < 4.78 is 42.5. The molecule has 2 atom stereocenters. The number of nitriles is 1. The van der Waals surface area contributed by atoms with Crippen molar-refractivity contribution in [3.05, 3.63) is 24.2 Å². The third-order valence-corrected chi connectivity index (χ3v) is 5.48. The van der Waals surface area contributed by atoms with E-state index in [1.807, 2.05) is 11.5 Å². The number of fused-ring (bicyclic) bond motifs is 1. The molecule has 10 heteroatoms. The number of ether oxygens (including phenoxy) is 3. The number of nitrogens with zero attached hydrogens (tertiary/aromatic N) is 6. The minimum Gasteiger partial charge on any atom is -0.467 e. The van der Waals surface area contributed by atoms with E-state index >= 15 is 0 Å². The molecule has 0 bridgehead atoms. The van der Waals surface area contributed by atoms with Crippen molar-refractivity contribution in [1.82, 2.24) is 24.3 Å². The van der Waals surface area contributed by atoms with Gasteiger partial charge in [0, 0.05) is 41.9 Å². The van der Waals surface area contributed by atoms with Crippen molar-refractivity contribution >= 4 is 22.7 Å². The van der Waals surface area contributed by atoms with Gasteiger partial charge < -0.3 is 24.1 Å². The highest BCUT2D eigenvalue weighted by Gasteiger charge is 2.31. The van der Waals surface area contributed by atoms with Gasteiger partial charge in [0.15, 0.2) is 0 Å². The van der Waals surface area contributed by atoms with Crippen LogP contribution in [-0.4, -0.2) is 56.3 Å². The molecule has 1 N–H and O–H groups in total. The van der Waals surface area contributed by atoms with Crippen LogP contribution in [0.1, 0.15) is 35.6 Å². The lowest BCUT2D eigenvalue weighted by molar-refractivity contribution is -0.140. The quantitative estimate of drug-likeness (QED) is 0.679. The van der Waals surface area contributed by atoms with Gasteiger partial charge in [0.2, 0.25) is 5.95 Å². The first-order valence-corrected chi connectivity index (χ1v) is 9.85. The summed E-state index contributed by atoms with van der Waals surface area (Å²) in [7, 11) is 0. The molecule has 10 nitrogen and oxygen atoms in total. The maximum atomic E-state index is 9.65. The normalized spacial score (nSPS) is 23.8. The number of aromatic nitrogens is 5. The van der Waals surface area contributed by atoms with Gasteiger partial charge in [-0.3, -0.25) is 4.68 Å². The molecule has 30 heavy (non-hydrogen) atoms. The van der Waals surface area contributed by atoms with Crippen molar-refractivity contribution in [2.75, 3.05) is 25.1 Å². The highest BCUT2D eigenvalue weighted by molar-refractivity contribution is 5.79. The Morgan fingerprint density at radius 3 is 2.97 bits per heavy atom. The van der Waals surface area contributed by atoms with Crippen molar-refractivity contribution in [3.8, 4) is 11.9 Å². The Labute approximate surface area is 177 Å². The molecule has 2 aliphatic rings. The van der Waals surface area contributed by atoms with Gasteiger partial charge in [-0.15, -0.1) is 5.10 Å². The number of aryl methyl sites for hydroxylation is 1. The third-order valence-electron chi connectivity index (χ3n) is 5.48. The predicted molar refractivity (Wildman–Crippen MR) is 108 cm³/mol. The fourth-order valence-electron chi connectivity index (χ4n) is 3.76. The van der Waals surface area contributed by atoms with Crippen LogP contribution < -0.4 is 10.1 Å². The molecule has 2 saturated heterocycles. The Morgan fingerprint density at radius 2 is 2.27 bits per heavy atom. The van der Waals surface area contributed by atoms with Crippen molar-refractivity contribution < 1.29 is 18.3 Å². The molecule has 5 heterocycles. The zero-order valence-electron chi connectivity index (χ0n) is 19.4. The number of anilines is 2. The Kier molecular flexibility index (Phi) is 3.96. The molecule has 0 aromatic carbocycles. The first-order chi connectivity index (χ1) is 15.8. The SMILES string of the molecule is [2H]C([2H])([2H])n1cc(Nc2ncc3cc(C#N)n(C4CCOCC4)c3n2)c(O[C@@H]2CO[C@H]2C)n1. The average Bonchev–Trinajstić information content (AvgIpc) is 3.37. The fourth-order valence-corrected chi connectivity index (χ4v) is 3.76. The summed E-state index contributed by atoms with van der Waals surface area (Å²) in [6.45, 7) is 1.06. The van der Waals surface area contributed by atoms with E-state index in [4.69, 9.17) is 18.3 Å². The van der Waals surface area contributed by atoms with E-state index in [1.165, 1.54) is 6.20 Å². The molecule has 0 unspecified atom stereocenters. The molecule has 0 aliphatic carbocycles. The molecule has 2 fully saturated rings. The molecule has 2 aliphatic heterocycles. The largest absolute Gasteiger partial charge is 0.467 e. The Balaban J connectivity index is 1.50. The molecule has 156 valence electrons. The van der Waals surface area contributed by atoms with Crippen LogP contribution in [0.2, 0.25) is 0 Å². The Hall–Kier alpha value is -3.16. The zero-order valence-corrected chi connectivity index (χ0v) is 16.4. The van der Waals surface area contributed by atoms with E-state index in [0.717, 1.165) is 22.9 Å². The van der Waals surface area contributed by atoms with Gasteiger partial charge in [0.25, 0.3) is 5.88 Å². The highest BCUT2D eigenvalue weighted by atomic mass is 16.6. The van der Waals surface area contributed by atoms with Crippen LogP contribution in [0.15, 0.2) is 18.5 Å². The second-order valence-electron chi connectivity index (χ2n) is 7.44. The third kappa shape index (κ3) is 3.36. The van der Waals surface area contributed by atoms with Crippen LogP contribution in [0.5, 0.6) is 5.88 Å². The minimum absolute atomic E-state index is 0.103. The van der Waals surface area contributed by atoms with E-state index in [-0.39, 0.29) is 30.1 Å². The van der Waals surface area contributed by atoms with Gasteiger partial charge in [-0.2, -0.15) is 10.2 Å². The second-order valence-corrected chi connectivity index (χ2v) is 7.44. The summed E-state index contributed by atoms with van der Waals surface area (Å²) >= 11 is 0. The van der Waals surface area contributed by atoms with E-state index in [9.17, 15) is 5.26 Å². The van der Waals surface area contributed by atoms with Crippen LogP contribution in [0.4, 0.5) is 11.6 Å². The second kappa shape index (κ2) is 7.59. The van der Waals surface area contributed by atoms with Gasteiger partial charge >= 0.3 is 0 Å². The summed E-state index contributed by atoms with van der Waals surface area (Å²) in [6, 6.07) is 4.12. The van der Waals surface area contributed by atoms with E-state index in [2.05, 4.69) is 26.5 Å². The van der Waals surface area contributed by atoms with Crippen LogP contribution in [0, 0.1) is 11.3 Å². The van der Waals surface area contributed by atoms with E-state index in [1.54, 1.807) is 12.3 Å². The van der Waals surface area contributed by atoms with Crippen LogP contribution in [0.3, 0.4) is 0 Å². The smallest absolute Gasteiger partial charge is 0.257 e. The number of hydrogen-bond acceptors (Lipinski definition) is 8. The summed E-state index contributed by atoms with van der Waals surface area (Å²) in [5, 5.41) is 17.5. The standard InChI is InChI=1S/C20H23N7O3/c1-12-17(11-29-12)30-19-16(10-26(2)25-19)23-20-22-9-13-7-15(8-21)27(18(13)24-20)14-3-5-28-6-4-14/h7,9-10,12,14,17H,3-6,11H2,1-2H3,(H,22,23,24)/t12-,17+/m0/s1/i2D3. The van der Waals surface area contributed by atoms with Gasteiger partial charge in [0.1, 0.15) is 29.2 Å². The van der Waals surface area contributed by atoms with Gasteiger partial charge in [-0.1, -0.05) is 0 Å². The monoisotopic (exact) mass is 412 g/mol. The summed E-state index contributed by atoms with van der Waals surface area (Å²) in [6.07, 6.45) is 4.22.